The lowest BCUT2D eigenvalue weighted by atomic mass is 9.80. The molecule has 6 nitrogen and oxygen atoms in total. The molecule has 0 aliphatic carbocycles. The Labute approximate surface area is 127 Å². The van der Waals surface area contributed by atoms with Crippen LogP contribution in [0.4, 0.5) is 0 Å². The second kappa shape index (κ2) is 5.81. The Morgan fingerprint density at radius 2 is 2.05 bits per heavy atom. The molecular weight excluding hydrogens is 284 g/mol. The third-order valence-corrected chi connectivity index (χ3v) is 4.32. The highest BCUT2D eigenvalue weighted by Crippen LogP contribution is 2.30. The van der Waals surface area contributed by atoms with E-state index >= 15 is 0 Å². The molecule has 3 N–H and O–H groups in total. The molecule has 1 saturated heterocycles. The summed E-state index contributed by atoms with van der Waals surface area (Å²) in [6.45, 7) is 0.935. The first-order valence-electron chi connectivity index (χ1n) is 7.28. The fraction of sp³-hybridized carbons (Fsp3) is 0.375. The van der Waals surface area contributed by atoms with E-state index in [-0.39, 0.29) is 12.5 Å². The molecule has 0 bridgehead atoms. The Balaban J connectivity index is 1.76. The Bertz CT molecular complexity index is 701. The maximum Gasteiger partial charge on any atom is 0.311 e. The van der Waals surface area contributed by atoms with Crippen molar-refractivity contribution in [3.63, 3.8) is 0 Å². The number of amides is 1. The van der Waals surface area contributed by atoms with Gasteiger partial charge >= 0.3 is 5.97 Å². The topological polar surface area (TPSA) is 91.4 Å². The summed E-state index contributed by atoms with van der Waals surface area (Å²) in [5.74, 6) is -1.14. The summed E-state index contributed by atoms with van der Waals surface area (Å²) in [5, 5.41) is 13.2. The number of carboxylic acid groups (broad SMARTS) is 1. The van der Waals surface area contributed by atoms with Crippen molar-refractivity contribution in [1.82, 2.24) is 10.3 Å². The van der Waals surface area contributed by atoms with Gasteiger partial charge in [0.25, 0.3) is 5.91 Å². The highest BCUT2D eigenvalue weighted by atomic mass is 16.5. The van der Waals surface area contributed by atoms with Crippen molar-refractivity contribution in [2.75, 3.05) is 19.8 Å². The fourth-order valence-electron chi connectivity index (χ4n) is 2.85. The third kappa shape index (κ3) is 2.57. The Morgan fingerprint density at radius 3 is 2.77 bits per heavy atom. The van der Waals surface area contributed by atoms with E-state index in [1.807, 2.05) is 18.2 Å². The van der Waals surface area contributed by atoms with E-state index in [1.54, 1.807) is 12.3 Å². The van der Waals surface area contributed by atoms with Gasteiger partial charge in [-0.3, -0.25) is 9.59 Å². The Morgan fingerprint density at radius 1 is 1.27 bits per heavy atom. The third-order valence-electron chi connectivity index (χ3n) is 4.32. The molecule has 0 saturated carbocycles. The zero-order valence-electron chi connectivity index (χ0n) is 12.1. The highest BCUT2D eigenvalue weighted by Gasteiger charge is 2.40. The van der Waals surface area contributed by atoms with Gasteiger partial charge in [0.15, 0.2) is 0 Å². The first-order chi connectivity index (χ1) is 10.6. The lowest BCUT2D eigenvalue weighted by Gasteiger charge is -2.33. The summed E-state index contributed by atoms with van der Waals surface area (Å²) in [5.41, 5.74) is 0.351. The minimum Gasteiger partial charge on any atom is -0.481 e. The van der Waals surface area contributed by atoms with Gasteiger partial charge in [-0.2, -0.15) is 0 Å². The largest absolute Gasteiger partial charge is 0.481 e. The molecule has 116 valence electrons. The Hall–Kier alpha value is -2.34. The number of carbonyl (C=O) groups excluding carboxylic acids is 1. The first-order valence-corrected chi connectivity index (χ1v) is 7.28. The molecule has 1 amide bonds. The van der Waals surface area contributed by atoms with E-state index < -0.39 is 11.4 Å². The van der Waals surface area contributed by atoms with Gasteiger partial charge in [-0.25, -0.2) is 0 Å². The maximum absolute atomic E-state index is 12.4. The van der Waals surface area contributed by atoms with E-state index in [0.29, 0.717) is 31.6 Å². The van der Waals surface area contributed by atoms with Crippen LogP contribution in [0.15, 0.2) is 30.5 Å². The van der Waals surface area contributed by atoms with Crippen LogP contribution in [0.1, 0.15) is 23.2 Å². The molecule has 3 rings (SSSR count). The summed E-state index contributed by atoms with van der Waals surface area (Å²) in [6.07, 6.45) is 2.60. The van der Waals surface area contributed by atoms with Gasteiger partial charge in [0.05, 0.1) is 16.5 Å². The molecule has 6 heteroatoms. The van der Waals surface area contributed by atoms with Gasteiger partial charge in [0.2, 0.25) is 0 Å². The number of benzene rings is 1. The number of fused-ring (bicyclic) bond motifs is 1. The number of nitrogens with one attached hydrogen (secondary N) is 2. The summed E-state index contributed by atoms with van der Waals surface area (Å²) in [6, 6.07) is 7.35. The summed E-state index contributed by atoms with van der Waals surface area (Å²) >= 11 is 0. The van der Waals surface area contributed by atoms with Crippen LogP contribution in [0.2, 0.25) is 0 Å². The van der Waals surface area contributed by atoms with E-state index in [0.717, 1.165) is 10.9 Å². The minimum atomic E-state index is -0.933. The lowest BCUT2D eigenvalue weighted by molar-refractivity contribution is -0.154. The van der Waals surface area contributed by atoms with E-state index in [4.69, 9.17) is 4.74 Å². The van der Waals surface area contributed by atoms with Crippen LogP contribution in [-0.2, 0) is 9.53 Å². The number of H-pyrrole nitrogens is 1. The fourth-order valence-corrected chi connectivity index (χ4v) is 2.85. The molecule has 0 radical (unpaired) electrons. The van der Waals surface area contributed by atoms with Crippen LogP contribution in [0, 0.1) is 5.41 Å². The molecular formula is C16H18N2O4. The number of aliphatic carboxylic acids is 1. The molecule has 22 heavy (non-hydrogen) atoms. The number of carboxylic acids is 1. The highest BCUT2D eigenvalue weighted by molar-refractivity contribution is 6.05. The number of hydrogen-bond acceptors (Lipinski definition) is 3. The number of carbonyl (C=O) groups is 2. The number of aromatic amines is 1. The average molecular weight is 302 g/mol. The second-order valence-corrected chi connectivity index (χ2v) is 5.63. The minimum absolute atomic E-state index is 0.113. The van der Waals surface area contributed by atoms with Crippen molar-refractivity contribution >= 4 is 22.8 Å². The molecule has 1 aromatic heterocycles. The smallest absolute Gasteiger partial charge is 0.311 e. The van der Waals surface area contributed by atoms with Crippen LogP contribution < -0.4 is 5.32 Å². The predicted molar refractivity (Wildman–Crippen MR) is 80.8 cm³/mol. The Kier molecular flexibility index (Phi) is 3.85. The van der Waals surface area contributed by atoms with E-state index in [1.165, 1.54) is 0 Å². The first kappa shape index (κ1) is 14.6. The lowest BCUT2D eigenvalue weighted by Crippen LogP contribution is -2.46. The van der Waals surface area contributed by atoms with Gasteiger partial charge in [0.1, 0.15) is 0 Å². The van der Waals surface area contributed by atoms with Crippen molar-refractivity contribution in [2.45, 2.75) is 12.8 Å². The molecule has 0 atom stereocenters. The summed E-state index contributed by atoms with van der Waals surface area (Å²) in [7, 11) is 0. The summed E-state index contributed by atoms with van der Waals surface area (Å²) < 4.78 is 5.23. The zero-order chi connectivity index (χ0) is 15.6. The molecule has 1 aliphatic rings. The standard InChI is InChI=1S/C16H18N2O4/c19-14(12-3-1-2-11-4-7-17-13(11)12)18-10-16(15(20)21)5-8-22-9-6-16/h1-4,7,17H,5-6,8-10H2,(H,18,19)(H,20,21). The monoisotopic (exact) mass is 302 g/mol. The van der Waals surface area contributed by atoms with Crippen LogP contribution in [0.25, 0.3) is 10.9 Å². The molecule has 1 fully saturated rings. The average Bonchev–Trinajstić information content (AvgIpc) is 3.02. The van der Waals surface area contributed by atoms with Gasteiger partial charge in [-0.1, -0.05) is 12.1 Å². The number of para-hydroxylation sites is 1. The molecule has 0 unspecified atom stereocenters. The maximum atomic E-state index is 12.4. The van der Waals surface area contributed by atoms with Crippen molar-refractivity contribution < 1.29 is 19.4 Å². The van der Waals surface area contributed by atoms with Crippen LogP contribution in [-0.4, -0.2) is 41.7 Å². The van der Waals surface area contributed by atoms with Crippen LogP contribution in [0.3, 0.4) is 0 Å². The van der Waals surface area contributed by atoms with Gasteiger partial charge in [0, 0.05) is 31.3 Å². The molecule has 1 aromatic carbocycles. The normalized spacial score (nSPS) is 17.3. The van der Waals surface area contributed by atoms with Crippen molar-refractivity contribution in [3.8, 4) is 0 Å². The molecule has 1 aliphatic heterocycles. The number of ether oxygens (including phenoxy) is 1. The molecule has 2 aromatic rings. The number of rotatable bonds is 4. The van der Waals surface area contributed by atoms with Crippen LogP contribution >= 0.6 is 0 Å². The summed E-state index contributed by atoms with van der Waals surface area (Å²) in [4.78, 5) is 27.0. The van der Waals surface area contributed by atoms with Gasteiger partial charge in [-0.15, -0.1) is 0 Å². The van der Waals surface area contributed by atoms with Crippen molar-refractivity contribution in [3.05, 3.63) is 36.0 Å². The molecule has 2 heterocycles. The van der Waals surface area contributed by atoms with Gasteiger partial charge in [-0.05, 0) is 25.0 Å². The predicted octanol–water partition coefficient (Wildman–Crippen LogP) is 1.78. The SMILES string of the molecule is O=C(NCC1(C(=O)O)CCOCC1)c1cccc2cc[nH]c12. The quantitative estimate of drug-likeness (QED) is 0.803. The number of hydrogen-bond donors (Lipinski definition) is 3. The van der Waals surface area contributed by atoms with Crippen LogP contribution in [0.5, 0.6) is 0 Å². The number of aromatic nitrogens is 1. The van der Waals surface area contributed by atoms with Crippen molar-refractivity contribution in [1.29, 1.82) is 0 Å². The zero-order valence-corrected chi connectivity index (χ0v) is 12.1. The van der Waals surface area contributed by atoms with E-state index in [2.05, 4.69) is 10.3 Å². The van der Waals surface area contributed by atoms with Gasteiger partial charge < -0.3 is 20.1 Å². The molecule has 0 spiro atoms. The van der Waals surface area contributed by atoms with Crippen molar-refractivity contribution in [2.24, 2.45) is 5.41 Å². The van der Waals surface area contributed by atoms with E-state index in [9.17, 15) is 14.7 Å². The second-order valence-electron chi connectivity index (χ2n) is 5.63.